The predicted molar refractivity (Wildman–Crippen MR) is 91.1 cm³/mol. The first-order valence-electron chi connectivity index (χ1n) is 9.39. The number of amides is 2. The van der Waals surface area contributed by atoms with Gasteiger partial charge in [0.15, 0.2) is 0 Å². The Morgan fingerprint density at radius 2 is 2.04 bits per heavy atom. The number of carbonyl (C=O) groups is 2. The fourth-order valence-electron chi connectivity index (χ4n) is 4.30. The largest absolute Gasteiger partial charge is 0.382 e. The lowest BCUT2D eigenvalue weighted by molar-refractivity contribution is -0.151. The molecule has 3 aliphatic heterocycles. The van der Waals surface area contributed by atoms with Crippen LogP contribution in [0.1, 0.15) is 32.1 Å². The van der Waals surface area contributed by atoms with Gasteiger partial charge < -0.3 is 24.0 Å². The average Bonchev–Trinajstić information content (AvgIpc) is 3.07. The molecule has 0 aromatic carbocycles. The molecule has 0 aromatic rings. The first kappa shape index (κ1) is 18.6. The summed E-state index contributed by atoms with van der Waals surface area (Å²) in [4.78, 5) is 29.4. The summed E-state index contributed by atoms with van der Waals surface area (Å²) in [5.41, 5.74) is -0.376. The smallest absolute Gasteiger partial charge is 0.248 e. The summed E-state index contributed by atoms with van der Waals surface area (Å²) >= 11 is 0. The van der Waals surface area contributed by atoms with Crippen LogP contribution in [0.2, 0.25) is 0 Å². The lowest BCUT2D eigenvalue weighted by Gasteiger charge is -2.44. The van der Waals surface area contributed by atoms with Crippen LogP contribution in [-0.2, 0) is 23.8 Å². The van der Waals surface area contributed by atoms with Crippen molar-refractivity contribution in [1.29, 1.82) is 0 Å². The van der Waals surface area contributed by atoms with E-state index in [9.17, 15) is 9.59 Å². The first-order chi connectivity index (χ1) is 12.2. The van der Waals surface area contributed by atoms with Gasteiger partial charge in [-0.1, -0.05) is 0 Å². The van der Waals surface area contributed by atoms with Crippen molar-refractivity contribution in [2.24, 2.45) is 5.41 Å². The second-order valence-corrected chi connectivity index (χ2v) is 7.34. The number of hydrogen-bond acceptors (Lipinski definition) is 5. The third-order valence-corrected chi connectivity index (χ3v) is 5.76. The van der Waals surface area contributed by atoms with Crippen molar-refractivity contribution >= 4 is 11.8 Å². The van der Waals surface area contributed by atoms with E-state index < -0.39 is 0 Å². The Kier molecular flexibility index (Phi) is 6.30. The summed E-state index contributed by atoms with van der Waals surface area (Å²) in [5, 5.41) is 0. The Morgan fingerprint density at radius 1 is 1.24 bits per heavy atom. The summed E-state index contributed by atoms with van der Waals surface area (Å²) in [6.07, 6.45) is 4.54. The van der Waals surface area contributed by atoms with Crippen molar-refractivity contribution in [2.75, 3.05) is 59.8 Å². The summed E-state index contributed by atoms with van der Waals surface area (Å²) in [6, 6.07) is 0.306. The predicted octanol–water partition coefficient (Wildman–Crippen LogP) is 0.670. The van der Waals surface area contributed by atoms with Gasteiger partial charge in [-0.3, -0.25) is 9.59 Å². The van der Waals surface area contributed by atoms with Crippen LogP contribution in [0.3, 0.4) is 0 Å². The Bertz CT molecular complexity index is 480. The summed E-state index contributed by atoms with van der Waals surface area (Å²) < 4.78 is 15.7. The highest BCUT2D eigenvalue weighted by Gasteiger charge is 2.50. The standard InChI is InChI=1S/C18H30N2O5/c1-23-11-12-25-13-16(21)19-8-6-18(14-19)5-2-7-20(17(18)22)15-3-9-24-10-4-15/h15H,2-14H2,1H3/t18-/m0/s1. The van der Waals surface area contributed by atoms with E-state index >= 15 is 0 Å². The van der Waals surface area contributed by atoms with Crippen molar-refractivity contribution in [2.45, 2.75) is 38.1 Å². The number of hydrogen-bond donors (Lipinski definition) is 0. The van der Waals surface area contributed by atoms with Gasteiger partial charge in [0.25, 0.3) is 0 Å². The molecule has 0 aromatic heterocycles. The maximum absolute atomic E-state index is 13.2. The van der Waals surface area contributed by atoms with Crippen LogP contribution in [0.15, 0.2) is 0 Å². The maximum Gasteiger partial charge on any atom is 0.248 e. The monoisotopic (exact) mass is 354 g/mol. The van der Waals surface area contributed by atoms with Gasteiger partial charge in [-0.25, -0.2) is 0 Å². The first-order valence-corrected chi connectivity index (χ1v) is 9.39. The second kappa shape index (κ2) is 8.47. The van der Waals surface area contributed by atoms with Gasteiger partial charge in [0.05, 0.1) is 18.6 Å². The molecule has 0 unspecified atom stereocenters. The molecule has 0 bridgehead atoms. The molecule has 1 spiro atoms. The SMILES string of the molecule is COCCOCC(=O)N1CC[C@@]2(CCCN(C3CCOCC3)C2=O)C1. The molecule has 1 atom stereocenters. The lowest BCUT2D eigenvalue weighted by Crippen LogP contribution is -2.55. The number of rotatable bonds is 6. The van der Waals surface area contributed by atoms with E-state index in [4.69, 9.17) is 14.2 Å². The molecule has 3 heterocycles. The third-order valence-electron chi connectivity index (χ3n) is 5.76. The fourth-order valence-corrected chi connectivity index (χ4v) is 4.30. The summed E-state index contributed by atoms with van der Waals surface area (Å²) in [5.74, 6) is 0.227. The van der Waals surface area contributed by atoms with Gasteiger partial charge in [-0.15, -0.1) is 0 Å². The molecule has 3 aliphatic rings. The zero-order chi connectivity index (χ0) is 17.7. The van der Waals surface area contributed by atoms with E-state index in [-0.39, 0.29) is 23.8 Å². The molecule has 142 valence electrons. The minimum Gasteiger partial charge on any atom is -0.382 e. The second-order valence-electron chi connectivity index (χ2n) is 7.34. The molecule has 7 nitrogen and oxygen atoms in total. The van der Waals surface area contributed by atoms with Crippen LogP contribution in [0.25, 0.3) is 0 Å². The van der Waals surface area contributed by atoms with E-state index in [1.807, 2.05) is 0 Å². The van der Waals surface area contributed by atoms with Crippen LogP contribution >= 0.6 is 0 Å². The lowest BCUT2D eigenvalue weighted by atomic mass is 9.77. The number of nitrogens with zero attached hydrogens (tertiary/aromatic N) is 2. The van der Waals surface area contributed by atoms with E-state index in [0.717, 1.165) is 51.9 Å². The Hall–Kier alpha value is -1.18. The molecule has 25 heavy (non-hydrogen) atoms. The minimum absolute atomic E-state index is 0.0241. The van der Waals surface area contributed by atoms with Crippen molar-refractivity contribution < 1.29 is 23.8 Å². The van der Waals surface area contributed by atoms with Gasteiger partial charge in [-0.2, -0.15) is 0 Å². The quantitative estimate of drug-likeness (QED) is 0.656. The Morgan fingerprint density at radius 3 is 2.80 bits per heavy atom. The van der Waals surface area contributed by atoms with E-state index in [2.05, 4.69) is 4.90 Å². The molecule has 2 amide bonds. The van der Waals surface area contributed by atoms with Gasteiger partial charge in [-0.05, 0) is 32.1 Å². The number of likely N-dealkylation sites (tertiary alicyclic amines) is 2. The fraction of sp³-hybridized carbons (Fsp3) is 0.889. The third kappa shape index (κ3) is 4.15. The molecule has 7 heteroatoms. The van der Waals surface area contributed by atoms with Gasteiger partial charge in [0.2, 0.25) is 11.8 Å². The average molecular weight is 354 g/mol. The maximum atomic E-state index is 13.2. The Balaban J connectivity index is 1.56. The van der Waals surface area contributed by atoms with Gasteiger partial charge >= 0.3 is 0 Å². The van der Waals surface area contributed by atoms with Crippen LogP contribution in [0, 0.1) is 5.41 Å². The van der Waals surface area contributed by atoms with Crippen molar-refractivity contribution in [3.63, 3.8) is 0 Å². The molecule has 3 fully saturated rings. The highest BCUT2D eigenvalue weighted by molar-refractivity contribution is 5.86. The molecular weight excluding hydrogens is 324 g/mol. The Labute approximate surface area is 149 Å². The van der Waals surface area contributed by atoms with Crippen molar-refractivity contribution in [1.82, 2.24) is 9.80 Å². The van der Waals surface area contributed by atoms with Crippen LogP contribution < -0.4 is 0 Å². The zero-order valence-corrected chi connectivity index (χ0v) is 15.2. The normalized spacial score (nSPS) is 28.1. The van der Waals surface area contributed by atoms with Crippen molar-refractivity contribution in [3.8, 4) is 0 Å². The minimum atomic E-state index is -0.376. The van der Waals surface area contributed by atoms with Crippen LogP contribution in [0.4, 0.5) is 0 Å². The molecule has 0 aliphatic carbocycles. The topological polar surface area (TPSA) is 68.3 Å². The van der Waals surface area contributed by atoms with Gasteiger partial charge in [0.1, 0.15) is 6.61 Å². The summed E-state index contributed by atoms with van der Waals surface area (Å²) in [7, 11) is 1.61. The summed E-state index contributed by atoms with van der Waals surface area (Å²) in [6.45, 7) is 4.48. The van der Waals surface area contributed by atoms with E-state index in [0.29, 0.717) is 32.3 Å². The van der Waals surface area contributed by atoms with Crippen molar-refractivity contribution in [3.05, 3.63) is 0 Å². The number of methoxy groups -OCH3 is 1. The number of carbonyl (C=O) groups excluding carboxylic acids is 2. The molecule has 0 radical (unpaired) electrons. The molecule has 3 rings (SSSR count). The van der Waals surface area contributed by atoms with Gasteiger partial charge in [0, 0.05) is 46.0 Å². The number of ether oxygens (including phenoxy) is 3. The van der Waals surface area contributed by atoms with Crippen LogP contribution in [0.5, 0.6) is 0 Å². The van der Waals surface area contributed by atoms with E-state index in [1.165, 1.54) is 0 Å². The molecule has 3 saturated heterocycles. The highest BCUT2D eigenvalue weighted by atomic mass is 16.5. The van der Waals surface area contributed by atoms with E-state index in [1.54, 1.807) is 12.0 Å². The highest BCUT2D eigenvalue weighted by Crippen LogP contribution is 2.41. The molecule has 0 N–H and O–H groups in total. The molecule has 0 saturated carbocycles. The number of piperidine rings is 1. The molecular formula is C18H30N2O5. The zero-order valence-electron chi connectivity index (χ0n) is 15.2. The van der Waals surface area contributed by atoms with Crippen LogP contribution in [-0.4, -0.2) is 87.4 Å².